The summed E-state index contributed by atoms with van der Waals surface area (Å²) < 4.78 is 7.65. The van der Waals surface area contributed by atoms with Crippen molar-refractivity contribution in [2.24, 2.45) is 0 Å². The molecule has 0 atom stereocenters. The molecule has 0 unspecified atom stereocenters. The number of hydrogen-bond acceptors (Lipinski definition) is 6. The maximum Gasteiger partial charge on any atom is 0.288 e. The SMILES string of the molecule is O=c1c2sc3nc(-c4ccccc4)cc(-c4ccco4)c3c2nnn1Cc1ccccc1. The van der Waals surface area contributed by atoms with Crippen LogP contribution in [0.3, 0.4) is 0 Å². The summed E-state index contributed by atoms with van der Waals surface area (Å²) in [6.07, 6.45) is 1.64. The van der Waals surface area contributed by atoms with Gasteiger partial charge in [-0.3, -0.25) is 4.79 Å². The van der Waals surface area contributed by atoms with Gasteiger partial charge < -0.3 is 4.42 Å². The first-order chi connectivity index (χ1) is 15.8. The van der Waals surface area contributed by atoms with E-state index < -0.39 is 0 Å². The van der Waals surface area contributed by atoms with E-state index in [1.807, 2.05) is 78.9 Å². The molecular weight excluding hydrogens is 420 g/mol. The van der Waals surface area contributed by atoms with Gasteiger partial charge in [0.1, 0.15) is 20.8 Å². The van der Waals surface area contributed by atoms with Crippen LogP contribution in [-0.2, 0) is 6.54 Å². The number of fused-ring (bicyclic) bond motifs is 3. The van der Waals surface area contributed by atoms with Gasteiger partial charge in [0.15, 0.2) is 0 Å². The first-order valence-electron chi connectivity index (χ1n) is 10.1. The molecule has 32 heavy (non-hydrogen) atoms. The van der Waals surface area contributed by atoms with Gasteiger partial charge in [-0.15, -0.1) is 16.4 Å². The van der Waals surface area contributed by atoms with Gasteiger partial charge in [-0.2, -0.15) is 0 Å². The van der Waals surface area contributed by atoms with E-state index in [2.05, 4.69) is 10.3 Å². The maximum absolute atomic E-state index is 13.3. The first-order valence-corrected chi connectivity index (χ1v) is 10.9. The van der Waals surface area contributed by atoms with E-state index in [1.54, 1.807) is 6.26 Å². The topological polar surface area (TPSA) is 73.8 Å². The van der Waals surface area contributed by atoms with E-state index in [4.69, 9.17) is 9.40 Å². The largest absolute Gasteiger partial charge is 0.464 e. The van der Waals surface area contributed by atoms with Crippen LogP contribution in [-0.4, -0.2) is 20.0 Å². The lowest BCUT2D eigenvalue weighted by Crippen LogP contribution is -2.23. The summed E-state index contributed by atoms with van der Waals surface area (Å²) in [7, 11) is 0. The monoisotopic (exact) mass is 436 g/mol. The van der Waals surface area contributed by atoms with Crippen molar-refractivity contribution in [3.63, 3.8) is 0 Å². The fourth-order valence-corrected chi connectivity index (χ4v) is 4.90. The molecule has 6 aromatic rings. The zero-order chi connectivity index (χ0) is 21.5. The molecule has 0 amide bonds. The number of aromatic nitrogens is 4. The van der Waals surface area contributed by atoms with Crippen LogP contribution in [0.2, 0.25) is 0 Å². The summed E-state index contributed by atoms with van der Waals surface area (Å²) in [5, 5.41) is 9.46. The molecular formula is C25H16N4O2S. The first kappa shape index (κ1) is 18.7. The Morgan fingerprint density at radius 1 is 0.938 bits per heavy atom. The summed E-state index contributed by atoms with van der Waals surface area (Å²) in [5.41, 5.74) is 4.02. The Balaban J connectivity index is 1.60. The molecule has 154 valence electrons. The van der Waals surface area contributed by atoms with Gasteiger partial charge in [-0.1, -0.05) is 65.9 Å². The fourth-order valence-electron chi connectivity index (χ4n) is 3.82. The molecule has 0 N–H and O–H groups in total. The van der Waals surface area contributed by atoms with Gasteiger partial charge in [0.2, 0.25) is 0 Å². The Morgan fingerprint density at radius 2 is 1.72 bits per heavy atom. The molecule has 6 nitrogen and oxygen atoms in total. The smallest absolute Gasteiger partial charge is 0.288 e. The zero-order valence-electron chi connectivity index (χ0n) is 16.8. The average molecular weight is 436 g/mol. The van der Waals surface area contributed by atoms with E-state index in [9.17, 15) is 4.79 Å². The summed E-state index contributed by atoms with van der Waals surface area (Å²) in [4.78, 5) is 18.9. The molecule has 0 spiro atoms. The molecule has 0 aliphatic rings. The molecule has 4 heterocycles. The maximum atomic E-state index is 13.3. The average Bonchev–Trinajstić information content (AvgIpc) is 3.50. The van der Waals surface area contributed by atoms with Crippen LogP contribution in [0.1, 0.15) is 5.56 Å². The third-order valence-corrected chi connectivity index (χ3v) is 6.41. The lowest BCUT2D eigenvalue weighted by atomic mass is 10.0. The summed E-state index contributed by atoms with van der Waals surface area (Å²) >= 11 is 1.34. The highest BCUT2D eigenvalue weighted by atomic mass is 32.1. The van der Waals surface area contributed by atoms with Crippen LogP contribution in [0.25, 0.3) is 43.0 Å². The van der Waals surface area contributed by atoms with Crippen LogP contribution >= 0.6 is 11.3 Å². The molecule has 4 aromatic heterocycles. The normalized spacial score (nSPS) is 11.4. The third kappa shape index (κ3) is 3.11. The number of rotatable bonds is 4. The number of benzene rings is 2. The summed E-state index contributed by atoms with van der Waals surface area (Å²) in [6, 6.07) is 25.4. The second kappa shape index (κ2) is 7.55. The second-order valence-corrected chi connectivity index (χ2v) is 8.40. The highest BCUT2D eigenvalue weighted by Gasteiger charge is 2.20. The molecule has 0 saturated heterocycles. The van der Waals surface area contributed by atoms with Gasteiger partial charge in [-0.25, -0.2) is 9.67 Å². The van der Waals surface area contributed by atoms with E-state index in [0.29, 0.717) is 22.5 Å². The Bertz CT molecular complexity index is 1610. The van der Waals surface area contributed by atoms with E-state index >= 15 is 0 Å². The van der Waals surface area contributed by atoms with Crippen molar-refractivity contribution >= 4 is 31.8 Å². The molecule has 0 aliphatic carbocycles. The minimum atomic E-state index is -0.173. The van der Waals surface area contributed by atoms with Crippen LogP contribution < -0.4 is 5.56 Å². The number of hydrogen-bond donors (Lipinski definition) is 0. The van der Waals surface area contributed by atoms with Crippen molar-refractivity contribution in [2.75, 3.05) is 0 Å². The Hall–Kier alpha value is -4.10. The van der Waals surface area contributed by atoms with Gasteiger partial charge in [0, 0.05) is 11.1 Å². The Kier molecular flexibility index (Phi) is 4.40. The summed E-state index contributed by atoms with van der Waals surface area (Å²) in [6.45, 7) is 0.366. The van der Waals surface area contributed by atoms with Gasteiger partial charge >= 0.3 is 0 Å². The number of pyridine rings is 1. The van der Waals surface area contributed by atoms with Crippen molar-refractivity contribution in [2.45, 2.75) is 6.54 Å². The van der Waals surface area contributed by atoms with Crippen LogP contribution in [0.4, 0.5) is 0 Å². The van der Waals surface area contributed by atoms with Crippen molar-refractivity contribution in [3.8, 4) is 22.6 Å². The molecule has 0 bridgehead atoms. The fraction of sp³-hybridized carbons (Fsp3) is 0.0400. The minimum Gasteiger partial charge on any atom is -0.464 e. The Labute approximate surface area is 186 Å². The number of thiophene rings is 1. The molecule has 2 aromatic carbocycles. The highest BCUT2D eigenvalue weighted by Crippen LogP contribution is 2.39. The van der Waals surface area contributed by atoms with Gasteiger partial charge in [0.25, 0.3) is 5.56 Å². The molecule has 0 radical (unpaired) electrons. The summed E-state index contributed by atoms with van der Waals surface area (Å²) in [5.74, 6) is 0.699. The predicted molar refractivity (Wildman–Crippen MR) is 126 cm³/mol. The lowest BCUT2D eigenvalue weighted by molar-refractivity contribution is 0.583. The second-order valence-electron chi connectivity index (χ2n) is 7.40. The van der Waals surface area contributed by atoms with E-state index in [1.165, 1.54) is 16.0 Å². The quantitative estimate of drug-likeness (QED) is 0.371. The third-order valence-electron chi connectivity index (χ3n) is 5.35. The van der Waals surface area contributed by atoms with E-state index in [-0.39, 0.29) is 5.56 Å². The van der Waals surface area contributed by atoms with Crippen molar-refractivity contribution in [3.05, 3.63) is 101 Å². The molecule has 6 rings (SSSR count). The lowest BCUT2D eigenvalue weighted by Gasteiger charge is -2.06. The molecule has 0 saturated carbocycles. The molecule has 7 heteroatoms. The van der Waals surface area contributed by atoms with Crippen molar-refractivity contribution in [1.29, 1.82) is 0 Å². The zero-order valence-corrected chi connectivity index (χ0v) is 17.6. The van der Waals surface area contributed by atoms with Gasteiger partial charge in [0.05, 0.1) is 23.9 Å². The van der Waals surface area contributed by atoms with Crippen molar-refractivity contribution < 1.29 is 4.42 Å². The standard InChI is InChI=1S/C25H16N4O2S/c30-25-23-22(27-28-29(25)15-16-8-3-1-4-9-16)21-18(20-12-7-13-31-20)14-19(26-24(21)32-23)17-10-5-2-6-11-17/h1-14H,15H2. The van der Waals surface area contributed by atoms with Crippen LogP contribution in [0.15, 0.2) is 94.3 Å². The molecule has 0 fully saturated rings. The Morgan fingerprint density at radius 3 is 2.47 bits per heavy atom. The predicted octanol–water partition coefficient (Wildman–Crippen LogP) is 5.38. The minimum absolute atomic E-state index is 0.173. The molecule has 0 aliphatic heterocycles. The highest BCUT2D eigenvalue weighted by molar-refractivity contribution is 7.25. The van der Waals surface area contributed by atoms with Crippen LogP contribution in [0, 0.1) is 0 Å². The van der Waals surface area contributed by atoms with E-state index in [0.717, 1.165) is 32.6 Å². The van der Waals surface area contributed by atoms with Crippen molar-refractivity contribution in [1.82, 2.24) is 20.0 Å². The van der Waals surface area contributed by atoms with Gasteiger partial charge in [-0.05, 0) is 23.8 Å². The number of furan rings is 1. The van der Waals surface area contributed by atoms with Crippen LogP contribution in [0.5, 0.6) is 0 Å². The number of nitrogens with zero attached hydrogens (tertiary/aromatic N) is 4.